The van der Waals surface area contributed by atoms with Crippen LogP contribution >= 0.6 is 0 Å². The fourth-order valence-electron chi connectivity index (χ4n) is 4.14. The van der Waals surface area contributed by atoms with Crippen LogP contribution in [-0.2, 0) is 31.2 Å². The van der Waals surface area contributed by atoms with Crippen LogP contribution in [0.2, 0.25) is 0 Å². The lowest BCUT2D eigenvalue weighted by Crippen LogP contribution is -2.51. The Balaban J connectivity index is 2.07. The van der Waals surface area contributed by atoms with Gasteiger partial charge in [-0.05, 0) is 32.1 Å². The van der Waals surface area contributed by atoms with Gasteiger partial charge in [0.15, 0.2) is 5.96 Å². The summed E-state index contributed by atoms with van der Waals surface area (Å²) in [5, 5.41) is 11.7. The molecule has 0 aromatic carbocycles. The maximum Gasteiger partial charge on any atom is 0.191 e. The molecule has 7 heteroatoms. The van der Waals surface area contributed by atoms with Crippen LogP contribution in [-0.4, -0.2) is 66.1 Å². The van der Waals surface area contributed by atoms with E-state index in [0.717, 1.165) is 63.9 Å². The van der Waals surface area contributed by atoms with Crippen molar-refractivity contribution < 1.29 is 4.74 Å². The molecule has 1 aliphatic rings. The van der Waals surface area contributed by atoms with E-state index in [1.54, 1.807) is 0 Å². The topological polar surface area (TPSA) is 66.7 Å². The third-order valence-electron chi connectivity index (χ3n) is 5.58. The summed E-state index contributed by atoms with van der Waals surface area (Å²) in [5.74, 6) is 1.56. The quantitative estimate of drug-likeness (QED) is 0.461. The standard InChI is InChI=1S/C22H42N6O/c1-7-20-19(21(8-2)27(6)26-20)16-25-22(23-9-3)24-15-18(14-17(4)5)28-10-12-29-13-11-28/h17-18H,7-16H2,1-6H3,(H2,23,24,25). The average Bonchev–Trinajstić information content (AvgIpc) is 3.03. The fraction of sp³-hybridized carbons (Fsp3) is 0.818. The molecule has 0 spiro atoms. The van der Waals surface area contributed by atoms with Crippen LogP contribution in [0, 0.1) is 5.92 Å². The first kappa shape index (κ1) is 23.7. The molecular formula is C22H42N6O. The molecule has 29 heavy (non-hydrogen) atoms. The number of aliphatic imine (C=N–C) groups is 1. The summed E-state index contributed by atoms with van der Waals surface area (Å²) in [7, 11) is 2.04. The third kappa shape index (κ3) is 7.00. The molecule has 2 rings (SSSR count). The molecule has 2 N–H and O–H groups in total. The van der Waals surface area contributed by atoms with Crippen LogP contribution in [0.15, 0.2) is 4.99 Å². The molecule has 166 valence electrons. The van der Waals surface area contributed by atoms with Gasteiger partial charge >= 0.3 is 0 Å². The minimum atomic E-state index is 0.499. The Morgan fingerprint density at radius 1 is 1.14 bits per heavy atom. The molecule has 0 saturated carbocycles. The molecule has 1 atom stereocenters. The van der Waals surface area contributed by atoms with E-state index < -0.39 is 0 Å². The van der Waals surface area contributed by atoms with E-state index in [-0.39, 0.29) is 0 Å². The number of hydrogen-bond acceptors (Lipinski definition) is 4. The van der Waals surface area contributed by atoms with Gasteiger partial charge in [-0.2, -0.15) is 5.10 Å². The van der Waals surface area contributed by atoms with Gasteiger partial charge in [0.2, 0.25) is 0 Å². The van der Waals surface area contributed by atoms with E-state index in [9.17, 15) is 0 Å². The van der Waals surface area contributed by atoms with Crippen molar-refractivity contribution >= 4 is 5.96 Å². The van der Waals surface area contributed by atoms with Gasteiger partial charge in [0.25, 0.3) is 0 Å². The number of aryl methyl sites for hydroxylation is 2. The Hall–Kier alpha value is -1.60. The van der Waals surface area contributed by atoms with Gasteiger partial charge in [-0.15, -0.1) is 0 Å². The number of nitrogens with one attached hydrogen (secondary N) is 2. The zero-order valence-electron chi connectivity index (χ0n) is 19.4. The molecule has 1 fully saturated rings. The van der Waals surface area contributed by atoms with Crippen molar-refractivity contribution in [3.05, 3.63) is 17.0 Å². The van der Waals surface area contributed by atoms with Crippen LogP contribution < -0.4 is 10.6 Å². The van der Waals surface area contributed by atoms with Crippen LogP contribution in [0.25, 0.3) is 0 Å². The molecule has 1 aromatic rings. The van der Waals surface area contributed by atoms with Crippen molar-refractivity contribution in [2.75, 3.05) is 39.4 Å². The van der Waals surface area contributed by atoms with Gasteiger partial charge in [0.05, 0.1) is 25.5 Å². The summed E-state index contributed by atoms with van der Waals surface area (Å²) in [4.78, 5) is 7.47. The Kier molecular flexibility index (Phi) is 9.94. The lowest BCUT2D eigenvalue weighted by molar-refractivity contribution is 0.0132. The Morgan fingerprint density at radius 3 is 2.45 bits per heavy atom. The number of morpholine rings is 1. The maximum atomic E-state index is 5.55. The van der Waals surface area contributed by atoms with Gasteiger partial charge in [0.1, 0.15) is 0 Å². The molecule has 1 aliphatic heterocycles. The van der Waals surface area contributed by atoms with E-state index in [1.165, 1.54) is 17.7 Å². The molecule has 0 radical (unpaired) electrons. The lowest BCUT2D eigenvalue weighted by Gasteiger charge is -2.35. The summed E-state index contributed by atoms with van der Waals surface area (Å²) < 4.78 is 7.56. The number of guanidine groups is 1. The van der Waals surface area contributed by atoms with Crippen LogP contribution in [0.5, 0.6) is 0 Å². The number of hydrogen-bond donors (Lipinski definition) is 2. The largest absolute Gasteiger partial charge is 0.379 e. The van der Waals surface area contributed by atoms with E-state index in [1.807, 2.05) is 11.7 Å². The molecule has 2 heterocycles. The molecule has 7 nitrogen and oxygen atoms in total. The summed E-state index contributed by atoms with van der Waals surface area (Å²) >= 11 is 0. The molecule has 0 aliphatic carbocycles. The van der Waals surface area contributed by atoms with Gasteiger partial charge < -0.3 is 15.4 Å². The average molecular weight is 407 g/mol. The van der Waals surface area contributed by atoms with E-state index >= 15 is 0 Å². The SMILES string of the molecule is CCNC(=NCc1c(CC)nn(C)c1CC)NCC(CC(C)C)N1CCOCC1. The first-order valence-electron chi connectivity index (χ1n) is 11.4. The van der Waals surface area contributed by atoms with Crippen molar-refractivity contribution in [3.63, 3.8) is 0 Å². The van der Waals surface area contributed by atoms with E-state index in [4.69, 9.17) is 9.73 Å². The van der Waals surface area contributed by atoms with Crippen molar-refractivity contribution in [3.8, 4) is 0 Å². The summed E-state index contributed by atoms with van der Waals surface area (Å²) in [6, 6.07) is 0.499. The third-order valence-corrected chi connectivity index (χ3v) is 5.58. The molecule has 0 bridgehead atoms. The Bertz CT molecular complexity index is 633. The lowest BCUT2D eigenvalue weighted by atomic mass is 10.0. The number of rotatable bonds is 10. The highest BCUT2D eigenvalue weighted by molar-refractivity contribution is 5.79. The highest BCUT2D eigenvalue weighted by Crippen LogP contribution is 2.17. The monoisotopic (exact) mass is 406 g/mol. The number of ether oxygens (including phenoxy) is 1. The van der Waals surface area contributed by atoms with Gasteiger partial charge in [-0.3, -0.25) is 9.58 Å². The summed E-state index contributed by atoms with van der Waals surface area (Å²) in [6.45, 7) is 17.2. The number of nitrogens with zero attached hydrogens (tertiary/aromatic N) is 4. The maximum absolute atomic E-state index is 5.55. The zero-order chi connectivity index (χ0) is 21.2. The van der Waals surface area contributed by atoms with Crippen molar-refractivity contribution in [1.29, 1.82) is 0 Å². The van der Waals surface area contributed by atoms with Crippen LogP contribution in [0.1, 0.15) is 58.0 Å². The smallest absolute Gasteiger partial charge is 0.191 e. The van der Waals surface area contributed by atoms with E-state index in [0.29, 0.717) is 18.5 Å². The minimum Gasteiger partial charge on any atom is -0.379 e. The summed E-state index contributed by atoms with van der Waals surface area (Å²) in [6.07, 6.45) is 3.09. The summed E-state index contributed by atoms with van der Waals surface area (Å²) in [5.41, 5.74) is 3.73. The van der Waals surface area contributed by atoms with Crippen molar-refractivity contribution in [2.45, 2.75) is 66.5 Å². The van der Waals surface area contributed by atoms with Gasteiger partial charge in [-0.25, -0.2) is 4.99 Å². The fourth-order valence-corrected chi connectivity index (χ4v) is 4.14. The molecule has 1 unspecified atom stereocenters. The van der Waals surface area contributed by atoms with Crippen molar-refractivity contribution in [1.82, 2.24) is 25.3 Å². The van der Waals surface area contributed by atoms with Crippen molar-refractivity contribution in [2.24, 2.45) is 18.0 Å². The second-order valence-corrected chi connectivity index (χ2v) is 8.21. The first-order valence-corrected chi connectivity index (χ1v) is 11.4. The highest BCUT2D eigenvalue weighted by Gasteiger charge is 2.22. The van der Waals surface area contributed by atoms with Crippen LogP contribution in [0.3, 0.4) is 0 Å². The zero-order valence-corrected chi connectivity index (χ0v) is 19.4. The predicted octanol–water partition coefficient (Wildman–Crippen LogP) is 2.35. The minimum absolute atomic E-state index is 0.499. The Labute approximate surface area is 177 Å². The van der Waals surface area contributed by atoms with Gasteiger partial charge in [-0.1, -0.05) is 27.7 Å². The molecular weight excluding hydrogens is 364 g/mol. The molecule has 0 amide bonds. The second kappa shape index (κ2) is 12.2. The highest BCUT2D eigenvalue weighted by atomic mass is 16.5. The van der Waals surface area contributed by atoms with E-state index in [2.05, 4.69) is 55.3 Å². The molecule has 1 saturated heterocycles. The first-order chi connectivity index (χ1) is 14.0. The molecule has 1 aromatic heterocycles. The predicted molar refractivity (Wildman–Crippen MR) is 120 cm³/mol. The van der Waals surface area contributed by atoms with Gasteiger partial charge in [0, 0.05) is 50.5 Å². The Morgan fingerprint density at radius 2 is 1.86 bits per heavy atom. The number of aromatic nitrogens is 2. The second-order valence-electron chi connectivity index (χ2n) is 8.21. The van der Waals surface area contributed by atoms with Crippen LogP contribution in [0.4, 0.5) is 0 Å². The normalized spacial score (nSPS) is 17.0.